The van der Waals surface area contributed by atoms with E-state index in [1.165, 1.54) is 38.5 Å². The van der Waals surface area contributed by atoms with Gasteiger partial charge in [-0.1, -0.05) is 27.2 Å². The van der Waals surface area contributed by atoms with Crippen molar-refractivity contribution in [2.75, 3.05) is 6.61 Å². The predicted octanol–water partition coefficient (Wildman–Crippen LogP) is 4.69. The molecular formula is C19H34O2. The fourth-order valence-corrected chi connectivity index (χ4v) is 5.00. The van der Waals surface area contributed by atoms with Gasteiger partial charge in [0.25, 0.3) is 0 Å². The number of hydrogen-bond donors (Lipinski definition) is 1. The van der Waals surface area contributed by atoms with Gasteiger partial charge in [0.2, 0.25) is 0 Å². The van der Waals surface area contributed by atoms with Gasteiger partial charge in [-0.25, -0.2) is 0 Å². The van der Waals surface area contributed by atoms with Crippen LogP contribution < -0.4 is 0 Å². The molecule has 122 valence electrons. The summed E-state index contributed by atoms with van der Waals surface area (Å²) < 4.78 is 6.05. The Morgan fingerprint density at radius 3 is 2.29 bits per heavy atom. The zero-order valence-electron chi connectivity index (χ0n) is 14.3. The normalized spacial score (nSPS) is 40.0. The summed E-state index contributed by atoms with van der Waals surface area (Å²) in [4.78, 5) is 0. The first-order valence-corrected chi connectivity index (χ1v) is 9.26. The van der Waals surface area contributed by atoms with E-state index in [9.17, 15) is 5.11 Å². The van der Waals surface area contributed by atoms with E-state index in [1.807, 2.05) is 0 Å². The Balaban J connectivity index is 1.61. The molecule has 2 aliphatic carbocycles. The summed E-state index contributed by atoms with van der Waals surface area (Å²) in [6, 6.07) is 0. The monoisotopic (exact) mass is 294 g/mol. The van der Waals surface area contributed by atoms with Crippen LogP contribution in [0.3, 0.4) is 0 Å². The van der Waals surface area contributed by atoms with Crippen molar-refractivity contribution in [3.8, 4) is 0 Å². The van der Waals surface area contributed by atoms with Crippen molar-refractivity contribution >= 4 is 0 Å². The van der Waals surface area contributed by atoms with Crippen LogP contribution in [-0.2, 0) is 4.74 Å². The maximum Gasteiger partial charge on any atom is 0.0686 e. The SMILES string of the molecule is CCC(C)(C)C1CCC(O)(C2CCOC3(CCC3)C2)CC1. The lowest BCUT2D eigenvalue weighted by Gasteiger charge is -2.53. The fourth-order valence-electron chi connectivity index (χ4n) is 5.00. The molecule has 3 fully saturated rings. The summed E-state index contributed by atoms with van der Waals surface area (Å²) in [5.74, 6) is 1.28. The van der Waals surface area contributed by atoms with Crippen LogP contribution in [0.1, 0.15) is 85.0 Å². The van der Waals surface area contributed by atoms with E-state index in [0.717, 1.165) is 38.2 Å². The Hall–Kier alpha value is -0.0800. The Morgan fingerprint density at radius 1 is 1.10 bits per heavy atom. The number of hydrogen-bond acceptors (Lipinski definition) is 2. The Kier molecular flexibility index (Phi) is 4.16. The molecule has 3 rings (SSSR count). The van der Waals surface area contributed by atoms with Crippen molar-refractivity contribution in [3.63, 3.8) is 0 Å². The topological polar surface area (TPSA) is 29.5 Å². The molecule has 1 atom stereocenters. The molecule has 1 N–H and O–H groups in total. The van der Waals surface area contributed by atoms with Crippen LogP contribution in [0.4, 0.5) is 0 Å². The van der Waals surface area contributed by atoms with Gasteiger partial charge in [-0.05, 0) is 75.0 Å². The molecule has 0 radical (unpaired) electrons. The highest BCUT2D eigenvalue weighted by atomic mass is 16.5. The van der Waals surface area contributed by atoms with Crippen LogP contribution in [-0.4, -0.2) is 22.9 Å². The molecular weight excluding hydrogens is 260 g/mol. The van der Waals surface area contributed by atoms with E-state index in [1.54, 1.807) is 0 Å². The van der Waals surface area contributed by atoms with Crippen LogP contribution in [0.2, 0.25) is 0 Å². The standard InChI is InChI=1S/C19H34O2/c1-4-17(2,3)15-6-11-19(20,12-7-15)16-8-13-21-18(14-16)9-5-10-18/h15-16,20H,4-14H2,1-3H3. The molecule has 0 aromatic carbocycles. The van der Waals surface area contributed by atoms with Crippen molar-refractivity contribution in [2.24, 2.45) is 17.3 Å². The van der Waals surface area contributed by atoms with E-state index < -0.39 is 5.60 Å². The lowest BCUT2D eigenvalue weighted by atomic mass is 9.60. The van der Waals surface area contributed by atoms with Crippen LogP contribution in [0.25, 0.3) is 0 Å². The predicted molar refractivity (Wildman–Crippen MR) is 86.2 cm³/mol. The molecule has 1 saturated heterocycles. The first-order valence-electron chi connectivity index (χ1n) is 9.26. The fraction of sp³-hybridized carbons (Fsp3) is 1.00. The summed E-state index contributed by atoms with van der Waals surface area (Å²) in [5, 5.41) is 11.2. The highest BCUT2D eigenvalue weighted by molar-refractivity contribution is 5.01. The third-order valence-corrected chi connectivity index (χ3v) is 7.39. The molecule has 1 spiro atoms. The van der Waals surface area contributed by atoms with E-state index in [2.05, 4.69) is 20.8 Å². The molecule has 0 bridgehead atoms. The first-order chi connectivity index (χ1) is 9.89. The highest BCUT2D eigenvalue weighted by Gasteiger charge is 2.50. The molecule has 2 heteroatoms. The Labute approximate surface area is 130 Å². The van der Waals surface area contributed by atoms with Gasteiger partial charge in [-0.15, -0.1) is 0 Å². The van der Waals surface area contributed by atoms with Crippen LogP contribution in [0.15, 0.2) is 0 Å². The number of aliphatic hydroxyl groups is 1. The zero-order valence-corrected chi connectivity index (χ0v) is 14.3. The van der Waals surface area contributed by atoms with Crippen molar-refractivity contribution in [1.29, 1.82) is 0 Å². The summed E-state index contributed by atoms with van der Waals surface area (Å²) in [6.45, 7) is 7.98. The average Bonchev–Trinajstić information content (AvgIpc) is 2.46. The molecule has 0 amide bonds. The summed E-state index contributed by atoms with van der Waals surface area (Å²) >= 11 is 0. The maximum atomic E-state index is 11.2. The van der Waals surface area contributed by atoms with Crippen molar-refractivity contribution in [3.05, 3.63) is 0 Å². The average molecular weight is 294 g/mol. The van der Waals surface area contributed by atoms with Crippen molar-refractivity contribution in [2.45, 2.75) is 96.2 Å². The number of rotatable bonds is 3. The minimum absolute atomic E-state index is 0.165. The van der Waals surface area contributed by atoms with E-state index in [4.69, 9.17) is 4.74 Å². The minimum atomic E-state index is -0.396. The van der Waals surface area contributed by atoms with Gasteiger partial charge in [0.15, 0.2) is 0 Å². The molecule has 1 heterocycles. The lowest BCUT2D eigenvalue weighted by Crippen LogP contribution is -2.53. The molecule has 0 aromatic heterocycles. The smallest absolute Gasteiger partial charge is 0.0686 e. The van der Waals surface area contributed by atoms with Gasteiger partial charge in [0.1, 0.15) is 0 Å². The number of ether oxygens (including phenoxy) is 1. The van der Waals surface area contributed by atoms with Crippen LogP contribution in [0, 0.1) is 17.3 Å². The first kappa shape index (κ1) is 15.8. The Bertz CT molecular complexity index is 362. The summed E-state index contributed by atoms with van der Waals surface area (Å²) in [6.07, 6.45) is 11.7. The Morgan fingerprint density at radius 2 is 1.76 bits per heavy atom. The minimum Gasteiger partial charge on any atom is -0.390 e. The maximum absolute atomic E-state index is 11.2. The molecule has 21 heavy (non-hydrogen) atoms. The van der Waals surface area contributed by atoms with Crippen molar-refractivity contribution < 1.29 is 9.84 Å². The van der Waals surface area contributed by atoms with E-state index in [-0.39, 0.29) is 5.60 Å². The molecule has 2 saturated carbocycles. The van der Waals surface area contributed by atoms with Gasteiger partial charge in [-0.3, -0.25) is 0 Å². The molecule has 2 nitrogen and oxygen atoms in total. The van der Waals surface area contributed by atoms with Gasteiger partial charge in [-0.2, -0.15) is 0 Å². The van der Waals surface area contributed by atoms with Crippen LogP contribution >= 0.6 is 0 Å². The summed E-state index contributed by atoms with van der Waals surface area (Å²) in [5.41, 5.74) is 0.205. The zero-order chi connectivity index (χ0) is 15.1. The largest absolute Gasteiger partial charge is 0.390 e. The van der Waals surface area contributed by atoms with Gasteiger partial charge in [0.05, 0.1) is 11.2 Å². The summed E-state index contributed by atoms with van der Waals surface area (Å²) in [7, 11) is 0. The van der Waals surface area contributed by atoms with Crippen LogP contribution in [0.5, 0.6) is 0 Å². The molecule has 1 aliphatic heterocycles. The third-order valence-electron chi connectivity index (χ3n) is 7.39. The second kappa shape index (κ2) is 5.53. The van der Waals surface area contributed by atoms with E-state index >= 15 is 0 Å². The van der Waals surface area contributed by atoms with E-state index in [0.29, 0.717) is 11.3 Å². The molecule has 1 unspecified atom stereocenters. The second-order valence-electron chi connectivity index (χ2n) is 8.79. The third kappa shape index (κ3) is 2.91. The lowest BCUT2D eigenvalue weighted by molar-refractivity contribution is -0.184. The second-order valence-corrected chi connectivity index (χ2v) is 8.79. The van der Waals surface area contributed by atoms with Gasteiger partial charge >= 0.3 is 0 Å². The highest BCUT2D eigenvalue weighted by Crippen LogP contribution is 2.52. The van der Waals surface area contributed by atoms with Gasteiger partial charge in [0, 0.05) is 6.61 Å². The molecule has 0 aromatic rings. The quantitative estimate of drug-likeness (QED) is 0.818. The van der Waals surface area contributed by atoms with Crippen molar-refractivity contribution in [1.82, 2.24) is 0 Å². The molecule has 3 aliphatic rings. The van der Waals surface area contributed by atoms with Gasteiger partial charge < -0.3 is 9.84 Å².